The van der Waals surface area contributed by atoms with E-state index in [-0.39, 0.29) is 18.2 Å². The average molecular weight is 389 g/mol. The third-order valence-corrected chi connectivity index (χ3v) is 5.17. The van der Waals surface area contributed by atoms with E-state index in [4.69, 9.17) is 22.1 Å². The molecule has 0 unspecified atom stereocenters. The van der Waals surface area contributed by atoms with E-state index in [2.05, 4.69) is 11.8 Å². The summed E-state index contributed by atoms with van der Waals surface area (Å²) in [6.45, 7) is 5.66. The van der Waals surface area contributed by atoms with E-state index in [9.17, 15) is 4.79 Å². The zero-order chi connectivity index (χ0) is 17.5. The Balaban J connectivity index is 0.00000312. The molecule has 0 atom stereocenters. The second-order valence-corrected chi connectivity index (χ2v) is 7.15. The molecule has 0 spiro atoms. The van der Waals surface area contributed by atoms with Crippen LogP contribution < -0.4 is 10.5 Å². The summed E-state index contributed by atoms with van der Waals surface area (Å²) < 4.78 is 5.33. The first-order chi connectivity index (χ1) is 11.5. The van der Waals surface area contributed by atoms with E-state index < -0.39 is 0 Å². The van der Waals surface area contributed by atoms with Gasteiger partial charge in [-0.1, -0.05) is 24.9 Å². The van der Waals surface area contributed by atoms with Crippen LogP contribution in [-0.2, 0) is 11.2 Å². The van der Waals surface area contributed by atoms with Crippen molar-refractivity contribution in [2.45, 2.75) is 45.4 Å². The topological polar surface area (TPSA) is 55.6 Å². The zero-order valence-electron chi connectivity index (χ0n) is 15.2. The van der Waals surface area contributed by atoms with Gasteiger partial charge >= 0.3 is 0 Å². The smallest absolute Gasteiger partial charge is 0.137 e. The molecule has 6 heteroatoms. The van der Waals surface area contributed by atoms with Crippen LogP contribution in [0.3, 0.4) is 0 Å². The van der Waals surface area contributed by atoms with Crippen molar-refractivity contribution in [2.75, 3.05) is 32.5 Å². The third kappa shape index (κ3) is 6.69. The fourth-order valence-corrected chi connectivity index (χ4v) is 3.53. The molecule has 2 N–H and O–H groups in total. The minimum absolute atomic E-state index is 0. The number of piperidine rings is 1. The summed E-state index contributed by atoms with van der Waals surface area (Å²) in [7, 11) is 1.59. The Morgan fingerprint density at radius 2 is 2.04 bits per heavy atom. The van der Waals surface area contributed by atoms with Gasteiger partial charge in [-0.15, -0.1) is 12.4 Å². The van der Waals surface area contributed by atoms with Gasteiger partial charge in [-0.2, -0.15) is 0 Å². The highest BCUT2D eigenvalue weighted by Gasteiger charge is 2.22. The summed E-state index contributed by atoms with van der Waals surface area (Å²) in [5.41, 5.74) is 7.09. The van der Waals surface area contributed by atoms with Crippen LogP contribution in [0, 0.1) is 5.92 Å². The summed E-state index contributed by atoms with van der Waals surface area (Å²) >= 11 is 6.08. The fourth-order valence-electron chi connectivity index (χ4n) is 3.34. The second kappa shape index (κ2) is 10.9. The van der Waals surface area contributed by atoms with E-state index in [1.165, 1.54) is 19.4 Å². The Labute approximate surface area is 162 Å². The zero-order valence-corrected chi connectivity index (χ0v) is 16.8. The van der Waals surface area contributed by atoms with Crippen LogP contribution in [0.25, 0.3) is 0 Å². The van der Waals surface area contributed by atoms with Crippen LogP contribution in [0.5, 0.6) is 5.75 Å². The minimum atomic E-state index is 0. The molecule has 1 aliphatic rings. The molecular formula is C19H30Cl2N2O2. The molecular weight excluding hydrogens is 359 g/mol. The molecule has 1 heterocycles. The molecule has 1 aliphatic heterocycles. The average Bonchev–Trinajstić information content (AvgIpc) is 2.57. The van der Waals surface area contributed by atoms with E-state index in [1.807, 2.05) is 0 Å². The molecule has 1 saturated heterocycles. The van der Waals surface area contributed by atoms with Crippen LogP contribution in [0.1, 0.15) is 44.6 Å². The number of nitrogens with two attached hydrogens (primary N) is 1. The number of ketones is 1. The van der Waals surface area contributed by atoms with E-state index in [0.29, 0.717) is 35.2 Å². The van der Waals surface area contributed by atoms with Crippen LogP contribution in [0.4, 0.5) is 5.69 Å². The summed E-state index contributed by atoms with van der Waals surface area (Å²) in [6.07, 6.45) is 5.75. The van der Waals surface area contributed by atoms with Gasteiger partial charge in [0.1, 0.15) is 11.5 Å². The van der Waals surface area contributed by atoms with Crippen LogP contribution >= 0.6 is 24.0 Å². The Bertz CT molecular complexity index is 559. The Morgan fingerprint density at radius 1 is 1.36 bits per heavy atom. The summed E-state index contributed by atoms with van der Waals surface area (Å²) in [4.78, 5) is 15.0. The number of carbonyl (C=O) groups excluding carboxylic acids is 1. The highest BCUT2D eigenvalue weighted by atomic mass is 35.5. The van der Waals surface area contributed by atoms with Crippen molar-refractivity contribution in [3.63, 3.8) is 0 Å². The first-order valence-electron chi connectivity index (χ1n) is 8.89. The molecule has 0 saturated carbocycles. The second-order valence-electron chi connectivity index (χ2n) is 6.74. The van der Waals surface area contributed by atoms with Crippen molar-refractivity contribution in [2.24, 2.45) is 5.92 Å². The maximum Gasteiger partial charge on any atom is 0.137 e. The third-order valence-electron chi connectivity index (χ3n) is 4.84. The molecule has 25 heavy (non-hydrogen) atoms. The van der Waals surface area contributed by atoms with Crippen molar-refractivity contribution in [1.82, 2.24) is 4.90 Å². The van der Waals surface area contributed by atoms with Gasteiger partial charge in [0, 0.05) is 24.5 Å². The number of halogens is 2. The lowest BCUT2D eigenvalue weighted by Gasteiger charge is -2.31. The van der Waals surface area contributed by atoms with Gasteiger partial charge in [-0.05, 0) is 50.9 Å². The molecule has 1 fully saturated rings. The molecule has 0 aromatic heterocycles. The first kappa shape index (κ1) is 22.1. The Morgan fingerprint density at radius 3 is 2.64 bits per heavy atom. The van der Waals surface area contributed by atoms with Gasteiger partial charge in [0.15, 0.2) is 0 Å². The maximum atomic E-state index is 12.5. The molecule has 142 valence electrons. The molecule has 0 radical (unpaired) electrons. The lowest BCUT2D eigenvalue weighted by Crippen LogP contribution is -2.35. The molecule has 1 aromatic rings. The summed E-state index contributed by atoms with van der Waals surface area (Å²) in [5, 5.41) is 0.475. The molecule has 0 bridgehead atoms. The van der Waals surface area contributed by atoms with Gasteiger partial charge < -0.3 is 15.4 Å². The number of nitrogens with zero attached hydrogens (tertiary/aromatic N) is 1. The van der Waals surface area contributed by atoms with Gasteiger partial charge in [0.05, 0.1) is 17.8 Å². The highest BCUT2D eigenvalue weighted by Crippen LogP contribution is 2.30. The Hall–Kier alpha value is -0.970. The predicted molar refractivity (Wildman–Crippen MR) is 107 cm³/mol. The number of rotatable bonds is 8. The van der Waals surface area contributed by atoms with Crippen LogP contribution in [0.15, 0.2) is 12.1 Å². The fraction of sp³-hybridized carbons (Fsp3) is 0.632. The normalized spacial score (nSPS) is 15.6. The van der Waals surface area contributed by atoms with Crippen LogP contribution in [0.2, 0.25) is 5.02 Å². The van der Waals surface area contributed by atoms with Gasteiger partial charge in [-0.25, -0.2) is 0 Å². The quantitative estimate of drug-likeness (QED) is 0.671. The number of methoxy groups -OCH3 is 1. The standard InChI is InChI=1S/C19H29ClN2O2.ClH/c1-3-4-7-22-8-5-14(6-9-22)10-16(23)11-15-12-17(20)18(21)13-19(15)24-2;/h12-14H,3-11,21H2,1-2H3;1H. The van der Waals surface area contributed by atoms with Crippen molar-refractivity contribution in [3.05, 3.63) is 22.7 Å². The summed E-state index contributed by atoms with van der Waals surface area (Å²) in [5.74, 6) is 1.39. The number of nitrogen functional groups attached to an aromatic ring is 1. The maximum absolute atomic E-state index is 12.5. The number of unbranched alkanes of at least 4 members (excludes halogenated alkanes) is 1. The van der Waals surface area contributed by atoms with Gasteiger partial charge in [0.25, 0.3) is 0 Å². The molecule has 0 aliphatic carbocycles. The lowest BCUT2D eigenvalue weighted by atomic mass is 9.90. The Kier molecular flexibility index (Phi) is 9.62. The van der Waals surface area contributed by atoms with Crippen molar-refractivity contribution in [1.29, 1.82) is 0 Å². The van der Waals surface area contributed by atoms with Crippen molar-refractivity contribution in [3.8, 4) is 5.75 Å². The number of Topliss-reactive ketones (excluding diaryl/α,β-unsaturated/α-hetero) is 1. The van der Waals surface area contributed by atoms with E-state index in [0.717, 1.165) is 31.5 Å². The number of carbonyl (C=O) groups is 1. The van der Waals surface area contributed by atoms with Gasteiger partial charge in [-0.3, -0.25) is 4.79 Å². The lowest BCUT2D eigenvalue weighted by molar-refractivity contribution is -0.119. The number of ether oxygens (including phenoxy) is 1. The molecule has 2 rings (SSSR count). The van der Waals surface area contributed by atoms with E-state index in [1.54, 1.807) is 19.2 Å². The number of hydrogen-bond donors (Lipinski definition) is 1. The monoisotopic (exact) mass is 388 g/mol. The van der Waals surface area contributed by atoms with Crippen molar-refractivity contribution >= 4 is 35.5 Å². The molecule has 0 amide bonds. The number of anilines is 1. The number of hydrogen-bond acceptors (Lipinski definition) is 4. The molecule has 4 nitrogen and oxygen atoms in total. The predicted octanol–water partition coefficient (Wildman–Crippen LogP) is 4.37. The highest BCUT2D eigenvalue weighted by molar-refractivity contribution is 6.33. The molecule has 1 aromatic carbocycles. The minimum Gasteiger partial charge on any atom is -0.496 e. The van der Waals surface area contributed by atoms with Gasteiger partial charge in [0.2, 0.25) is 0 Å². The van der Waals surface area contributed by atoms with E-state index >= 15 is 0 Å². The number of likely N-dealkylation sites (tertiary alicyclic amines) is 1. The van der Waals surface area contributed by atoms with Crippen molar-refractivity contribution < 1.29 is 9.53 Å². The summed E-state index contributed by atoms with van der Waals surface area (Å²) in [6, 6.07) is 3.44. The SMILES string of the molecule is CCCCN1CCC(CC(=O)Cc2cc(Cl)c(N)cc2OC)CC1.Cl. The number of benzene rings is 1. The largest absolute Gasteiger partial charge is 0.496 e. The first-order valence-corrected chi connectivity index (χ1v) is 9.27. The van der Waals surface area contributed by atoms with Crippen LogP contribution in [-0.4, -0.2) is 37.4 Å².